The minimum Gasteiger partial charge on any atom is -0.383 e. The third-order valence-corrected chi connectivity index (χ3v) is 4.58. The second-order valence-corrected chi connectivity index (χ2v) is 5.52. The highest BCUT2D eigenvalue weighted by atomic mass is 19.1. The van der Waals surface area contributed by atoms with Gasteiger partial charge in [0.15, 0.2) is 0 Å². The Morgan fingerprint density at radius 3 is 3.22 bits per heavy atom. The monoisotopic (exact) mass is 249 g/mol. The van der Waals surface area contributed by atoms with Gasteiger partial charge in [0.05, 0.1) is 6.61 Å². The fourth-order valence-electron chi connectivity index (χ4n) is 3.50. The van der Waals surface area contributed by atoms with Crippen molar-refractivity contribution in [1.29, 1.82) is 0 Å². The van der Waals surface area contributed by atoms with Crippen molar-refractivity contribution in [3.63, 3.8) is 0 Å². The van der Waals surface area contributed by atoms with Gasteiger partial charge < -0.3 is 10.1 Å². The van der Waals surface area contributed by atoms with Crippen molar-refractivity contribution in [3.05, 3.63) is 35.1 Å². The number of methoxy groups -OCH3 is 1. The van der Waals surface area contributed by atoms with Crippen molar-refractivity contribution in [1.82, 2.24) is 5.32 Å². The van der Waals surface area contributed by atoms with Crippen LogP contribution in [0, 0.1) is 11.7 Å². The molecule has 3 heteroatoms. The zero-order valence-corrected chi connectivity index (χ0v) is 10.8. The molecule has 1 N–H and O–H groups in total. The van der Waals surface area contributed by atoms with Crippen LogP contribution >= 0.6 is 0 Å². The standard InChI is InChI=1S/C15H20FNO/c1-18-8-7-17-10-11-9-15(11)6-5-12-13(15)3-2-4-14(12)16/h2-4,11,17H,5-10H2,1H3. The largest absolute Gasteiger partial charge is 0.383 e. The van der Waals surface area contributed by atoms with E-state index in [-0.39, 0.29) is 11.2 Å². The van der Waals surface area contributed by atoms with E-state index >= 15 is 0 Å². The Bertz CT molecular complexity index is 448. The van der Waals surface area contributed by atoms with E-state index in [4.69, 9.17) is 4.74 Å². The van der Waals surface area contributed by atoms with Crippen LogP contribution in [0.3, 0.4) is 0 Å². The molecule has 2 aliphatic rings. The molecule has 1 aromatic rings. The first-order valence-electron chi connectivity index (χ1n) is 6.75. The second kappa shape index (κ2) is 4.63. The third-order valence-electron chi connectivity index (χ3n) is 4.58. The number of halogens is 1. The average Bonchev–Trinajstić information content (AvgIpc) is 2.94. The van der Waals surface area contributed by atoms with Crippen LogP contribution in [0.2, 0.25) is 0 Å². The maximum atomic E-state index is 13.7. The molecular formula is C15H20FNO. The highest BCUT2D eigenvalue weighted by Gasteiger charge is 2.57. The van der Waals surface area contributed by atoms with Gasteiger partial charge in [-0.25, -0.2) is 4.39 Å². The van der Waals surface area contributed by atoms with Crippen LogP contribution in [0.1, 0.15) is 24.0 Å². The Kier molecular flexibility index (Phi) is 3.12. The molecule has 0 heterocycles. The Labute approximate surface area is 108 Å². The number of hydrogen-bond donors (Lipinski definition) is 1. The summed E-state index contributed by atoms with van der Waals surface area (Å²) >= 11 is 0. The lowest BCUT2D eigenvalue weighted by molar-refractivity contribution is 0.199. The molecule has 1 fully saturated rings. The third kappa shape index (κ3) is 1.86. The summed E-state index contributed by atoms with van der Waals surface area (Å²) in [6.45, 7) is 2.68. The summed E-state index contributed by atoms with van der Waals surface area (Å²) < 4.78 is 18.7. The second-order valence-electron chi connectivity index (χ2n) is 5.52. The Morgan fingerprint density at radius 1 is 1.50 bits per heavy atom. The van der Waals surface area contributed by atoms with E-state index < -0.39 is 0 Å². The van der Waals surface area contributed by atoms with E-state index in [0.717, 1.165) is 38.1 Å². The van der Waals surface area contributed by atoms with E-state index in [1.54, 1.807) is 13.2 Å². The average molecular weight is 249 g/mol. The van der Waals surface area contributed by atoms with Crippen molar-refractivity contribution in [3.8, 4) is 0 Å². The minimum atomic E-state index is -0.0117. The van der Waals surface area contributed by atoms with Crippen LogP contribution in [0.5, 0.6) is 0 Å². The summed E-state index contributed by atoms with van der Waals surface area (Å²) in [5.41, 5.74) is 2.54. The highest BCUT2D eigenvalue weighted by Crippen LogP contribution is 2.61. The van der Waals surface area contributed by atoms with Crippen LogP contribution in [0.25, 0.3) is 0 Å². The Balaban J connectivity index is 1.65. The van der Waals surface area contributed by atoms with Gasteiger partial charge in [-0.1, -0.05) is 12.1 Å². The maximum absolute atomic E-state index is 13.7. The molecule has 1 spiro atoms. The Hall–Kier alpha value is -0.930. The molecule has 1 saturated carbocycles. The quantitative estimate of drug-likeness (QED) is 0.808. The van der Waals surface area contributed by atoms with Crippen molar-refractivity contribution in [2.24, 2.45) is 5.92 Å². The summed E-state index contributed by atoms with van der Waals surface area (Å²) in [6, 6.07) is 5.57. The molecule has 1 aromatic carbocycles. The lowest BCUT2D eigenvalue weighted by atomic mass is 9.95. The molecule has 2 nitrogen and oxygen atoms in total. The van der Waals surface area contributed by atoms with E-state index in [0.29, 0.717) is 5.92 Å². The first-order valence-corrected chi connectivity index (χ1v) is 6.75. The molecule has 0 saturated heterocycles. The summed E-state index contributed by atoms with van der Waals surface area (Å²) in [7, 11) is 1.72. The number of nitrogens with one attached hydrogen (secondary N) is 1. The van der Waals surface area contributed by atoms with Crippen LogP contribution < -0.4 is 5.32 Å². The van der Waals surface area contributed by atoms with E-state index in [1.165, 1.54) is 12.0 Å². The number of rotatable bonds is 5. The van der Waals surface area contributed by atoms with Crippen molar-refractivity contribution >= 4 is 0 Å². The molecule has 2 atom stereocenters. The van der Waals surface area contributed by atoms with Crippen LogP contribution in [0.15, 0.2) is 18.2 Å². The topological polar surface area (TPSA) is 21.3 Å². The minimum absolute atomic E-state index is 0.0117. The first-order chi connectivity index (χ1) is 8.78. The normalized spacial score (nSPS) is 28.7. The van der Waals surface area contributed by atoms with Crippen LogP contribution in [0.4, 0.5) is 4.39 Å². The molecule has 0 radical (unpaired) electrons. The van der Waals surface area contributed by atoms with Gasteiger partial charge in [-0.05, 0) is 48.9 Å². The van der Waals surface area contributed by atoms with E-state index in [9.17, 15) is 4.39 Å². The predicted molar refractivity (Wildman–Crippen MR) is 69.3 cm³/mol. The van der Waals surface area contributed by atoms with Gasteiger partial charge in [-0.2, -0.15) is 0 Å². The van der Waals surface area contributed by atoms with E-state index in [2.05, 4.69) is 11.4 Å². The van der Waals surface area contributed by atoms with Crippen molar-refractivity contribution in [2.75, 3.05) is 26.8 Å². The first kappa shape index (κ1) is 12.1. The summed E-state index contributed by atoms with van der Waals surface area (Å²) in [5, 5.41) is 3.43. The van der Waals surface area contributed by atoms with E-state index in [1.807, 2.05) is 6.07 Å². The summed E-state index contributed by atoms with van der Waals surface area (Å²) in [6.07, 6.45) is 3.25. The number of benzene rings is 1. The van der Waals surface area contributed by atoms with Gasteiger partial charge in [-0.3, -0.25) is 0 Å². The zero-order chi connectivity index (χ0) is 12.6. The van der Waals surface area contributed by atoms with Gasteiger partial charge in [0.1, 0.15) is 5.82 Å². The summed E-state index contributed by atoms with van der Waals surface area (Å²) in [5.74, 6) is 0.666. The lowest BCUT2D eigenvalue weighted by Gasteiger charge is -2.12. The van der Waals surface area contributed by atoms with Crippen molar-refractivity contribution < 1.29 is 9.13 Å². The number of hydrogen-bond acceptors (Lipinski definition) is 2. The SMILES string of the molecule is COCCNCC1CC12CCc1c(F)cccc12. The van der Waals surface area contributed by atoms with Crippen molar-refractivity contribution in [2.45, 2.75) is 24.7 Å². The van der Waals surface area contributed by atoms with Crippen LogP contribution in [-0.4, -0.2) is 26.8 Å². The molecule has 0 aliphatic heterocycles. The molecule has 2 aliphatic carbocycles. The molecule has 0 aromatic heterocycles. The highest BCUT2D eigenvalue weighted by molar-refractivity contribution is 5.45. The fraction of sp³-hybridized carbons (Fsp3) is 0.600. The number of fused-ring (bicyclic) bond motifs is 2. The zero-order valence-electron chi connectivity index (χ0n) is 10.8. The molecule has 3 rings (SSSR count). The van der Waals surface area contributed by atoms with Gasteiger partial charge in [0.25, 0.3) is 0 Å². The smallest absolute Gasteiger partial charge is 0.126 e. The number of ether oxygens (including phenoxy) is 1. The summed E-state index contributed by atoms with van der Waals surface area (Å²) in [4.78, 5) is 0. The fourth-order valence-corrected chi connectivity index (χ4v) is 3.50. The van der Waals surface area contributed by atoms with Crippen LogP contribution in [-0.2, 0) is 16.6 Å². The lowest BCUT2D eigenvalue weighted by Crippen LogP contribution is -2.24. The molecular weight excluding hydrogens is 229 g/mol. The molecule has 2 unspecified atom stereocenters. The molecule has 18 heavy (non-hydrogen) atoms. The van der Waals surface area contributed by atoms with Gasteiger partial charge in [0.2, 0.25) is 0 Å². The predicted octanol–water partition coefficient (Wildman–Crippen LogP) is 2.27. The Morgan fingerprint density at radius 2 is 2.39 bits per heavy atom. The van der Waals surface area contributed by atoms with Gasteiger partial charge in [0, 0.05) is 19.1 Å². The van der Waals surface area contributed by atoms with Gasteiger partial charge in [-0.15, -0.1) is 0 Å². The maximum Gasteiger partial charge on any atom is 0.126 e. The molecule has 0 amide bonds. The molecule has 0 bridgehead atoms. The van der Waals surface area contributed by atoms with Gasteiger partial charge >= 0.3 is 0 Å². The molecule has 98 valence electrons.